The number of aromatic nitrogens is 1. The van der Waals surface area contributed by atoms with Crippen molar-refractivity contribution in [2.75, 3.05) is 5.32 Å². The van der Waals surface area contributed by atoms with Gasteiger partial charge in [0, 0.05) is 22.8 Å². The second-order valence-electron chi connectivity index (χ2n) is 8.06. The molecule has 31 heavy (non-hydrogen) atoms. The van der Waals surface area contributed by atoms with Crippen molar-refractivity contribution in [2.24, 2.45) is 0 Å². The largest absolute Gasteiger partial charge is 0.357 e. The van der Waals surface area contributed by atoms with Gasteiger partial charge in [-0.25, -0.2) is 0 Å². The van der Waals surface area contributed by atoms with Crippen LogP contribution in [0.3, 0.4) is 0 Å². The third-order valence-corrected chi connectivity index (χ3v) is 6.99. The van der Waals surface area contributed by atoms with Crippen LogP contribution in [0.1, 0.15) is 40.6 Å². The highest BCUT2D eigenvalue weighted by Gasteiger charge is 2.27. The highest BCUT2D eigenvalue weighted by atomic mass is 32.2. The fourth-order valence-corrected chi connectivity index (χ4v) is 4.95. The Morgan fingerprint density at radius 2 is 1.84 bits per heavy atom. The maximum atomic E-state index is 12.6. The molecule has 1 aliphatic rings. The van der Waals surface area contributed by atoms with Crippen LogP contribution in [0, 0.1) is 27.7 Å². The van der Waals surface area contributed by atoms with E-state index in [0.717, 1.165) is 34.0 Å². The number of amides is 1. The second-order valence-corrected chi connectivity index (χ2v) is 9.20. The number of anilines is 1. The predicted octanol–water partition coefficient (Wildman–Crippen LogP) is 5.87. The van der Waals surface area contributed by atoms with Crippen LogP contribution in [0.2, 0.25) is 0 Å². The summed E-state index contributed by atoms with van der Waals surface area (Å²) in [6, 6.07) is 16.9. The summed E-state index contributed by atoms with van der Waals surface area (Å²) in [5.41, 5.74) is 9.24. The van der Waals surface area contributed by atoms with Gasteiger partial charge in [-0.15, -0.1) is 0 Å². The number of benzene rings is 2. The summed E-state index contributed by atoms with van der Waals surface area (Å²) < 4.78 is 2.28. The molecule has 1 aliphatic heterocycles. The highest BCUT2D eigenvalue weighted by Crippen LogP contribution is 2.32. The number of nitrogens with one attached hydrogen (secondary N) is 2. The number of aryl methyl sites for hydroxylation is 3. The van der Waals surface area contributed by atoms with Gasteiger partial charge in [0.2, 0.25) is 0 Å². The second kappa shape index (κ2) is 8.67. The van der Waals surface area contributed by atoms with E-state index in [1.807, 2.05) is 6.08 Å². The minimum atomic E-state index is -0.172. The van der Waals surface area contributed by atoms with Crippen LogP contribution in [-0.2, 0) is 11.2 Å². The maximum absolute atomic E-state index is 12.6. The zero-order valence-corrected chi connectivity index (χ0v) is 19.6. The molecule has 2 N–H and O–H groups in total. The predicted molar refractivity (Wildman–Crippen MR) is 132 cm³/mol. The first kappa shape index (κ1) is 21.3. The average molecular weight is 432 g/mol. The molecule has 2 heterocycles. The van der Waals surface area contributed by atoms with E-state index in [0.29, 0.717) is 0 Å². The summed E-state index contributed by atoms with van der Waals surface area (Å²) in [5.74, 6) is -0.0378. The smallest absolute Gasteiger partial charge is 0.260 e. The Balaban J connectivity index is 1.57. The van der Waals surface area contributed by atoms with Gasteiger partial charge in [-0.3, -0.25) is 4.79 Å². The minimum Gasteiger partial charge on any atom is -0.357 e. The van der Waals surface area contributed by atoms with Crippen LogP contribution >= 0.6 is 11.8 Å². The number of hydrogen-bond acceptors (Lipinski definition) is 3. The van der Waals surface area contributed by atoms with Gasteiger partial charge >= 0.3 is 0 Å². The molecule has 0 unspecified atom stereocenters. The highest BCUT2D eigenvalue weighted by molar-refractivity contribution is 8.05. The van der Waals surface area contributed by atoms with Gasteiger partial charge in [0.25, 0.3) is 5.91 Å². The van der Waals surface area contributed by atoms with Crippen molar-refractivity contribution >= 4 is 29.4 Å². The molecule has 160 valence electrons. The molecule has 2 aromatic carbocycles. The van der Waals surface area contributed by atoms with Gasteiger partial charge in [0.1, 0.15) is 0 Å². The number of hydrogen-bond donors (Lipinski definition) is 2. The molecule has 0 radical (unpaired) electrons. The Labute approximate surface area is 188 Å². The quantitative estimate of drug-likeness (QED) is 0.497. The lowest BCUT2D eigenvalue weighted by molar-refractivity contribution is -0.116. The van der Waals surface area contributed by atoms with E-state index in [9.17, 15) is 4.79 Å². The summed E-state index contributed by atoms with van der Waals surface area (Å²) in [6.07, 6.45) is 3.02. The summed E-state index contributed by atoms with van der Waals surface area (Å²) >= 11 is 1.52. The molecule has 1 aromatic heterocycles. The Morgan fingerprint density at radius 3 is 2.55 bits per heavy atom. The van der Waals surface area contributed by atoms with Crippen LogP contribution in [0.15, 0.2) is 53.4 Å². The molecule has 1 amide bonds. The van der Waals surface area contributed by atoms with E-state index in [1.165, 1.54) is 34.1 Å². The normalized spacial score (nSPS) is 17.3. The molecule has 0 spiro atoms. The van der Waals surface area contributed by atoms with E-state index in [2.05, 4.69) is 98.4 Å². The van der Waals surface area contributed by atoms with Crippen molar-refractivity contribution in [3.05, 3.63) is 87.1 Å². The molecular weight excluding hydrogens is 402 g/mol. The monoisotopic (exact) mass is 431 g/mol. The van der Waals surface area contributed by atoms with E-state index in [4.69, 9.17) is 0 Å². The van der Waals surface area contributed by atoms with Crippen molar-refractivity contribution in [2.45, 2.75) is 46.5 Å². The fraction of sp³-hybridized carbons (Fsp3) is 0.269. The molecule has 5 heteroatoms. The lowest BCUT2D eigenvalue weighted by atomic mass is 10.1. The standard InChI is InChI=1S/C26H29N3OS/c1-6-20-10-12-22(13-11-20)27-26-28-25(30)24(31-26)15-21-14-17(3)29(19(21)5)23-9-7-8-16(2)18(23)4/h7-15,26-27H,6H2,1-5H3,(H,28,30)/b24-15-/t26-/m1/s1. The lowest BCUT2D eigenvalue weighted by Crippen LogP contribution is -2.30. The maximum Gasteiger partial charge on any atom is 0.260 e. The molecule has 0 aliphatic carbocycles. The van der Waals surface area contributed by atoms with Crippen molar-refractivity contribution in [3.63, 3.8) is 0 Å². The number of carbonyl (C=O) groups excluding carboxylic acids is 1. The van der Waals surface area contributed by atoms with Crippen LogP contribution in [0.25, 0.3) is 11.8 Å². The van der Waals surface area contributed by atoms with Gasteiger partial charge in [-0.1, -0.05) is 43.0 Å². The topological polar surface area (TPSA) is 46.1 Å². The van der Waals surface area contributed by atoms with Gasteiger partial charge in [-0.05, 0) is 86.7 Å². The number of thioether (sulfide) groups is 1. The van der Waals surface area contributed by atoms with Crippen molar-refractivity contribution in [3.8, 4) is 5.69 Å². The summed E-state index contributed by atoms with van der Waals surface area (Å²) in [6.45, 7) is 10.7. The zero-order chi connectivity index (χ0) is 22.1. The Kier molecular flexibility index (Phi) is 5.96. The van der Waals surface area contributed by atoms with Crippen molar-refractivity contribution in [1.29, 1.82) is 0 Å². The number of carbonyl (C=O) groups is 1. The van der Waals surface area contributed by atoms with Gasteiger partial charge in [0.15, 0.2) is 5.50 Å². The van der Waals surface area contributed by atoms with Crippen LogP contribution in [0.5, 0.6) is 0 Å². The Bertz CT molecular complexity index is 1160. The van der Waals surface area contributed by atoms with Crippen molar-refractivity contribution < 1.29 is 4.79 Å². The van der Waals surface area contributed by atoms with Crippen LogP contribution < -0.4 is 10.6 Å². The summed E-state index contributed by atoms with van der Waals surface area (Å²) in [7, 11) is 0. The molecular formula is C26H29N3OS. The molecule has 1 fully saturated rings. The third-order valence-electron chi connectivity index (χ3n) is 5.96. The Hall–Kier alpha value is -2.92. The van der Waals surface area contributed by atoms with E-state index >= 15 is 0 Å². The van der Waals surface area contributed by atoms with Crippen LogP contribution in [-0.4, -0.2) is 16.0 Å². The van der Waals surface area contributed by atoms with Crippen molar-refractivity contribution in [1.82, 2.24) is 9.88 Å². The van der Waals surface area contributed by atoms with Gasteiger partial charge in [-0.2, -0.15) is 0 Å². The average Bonchev–Trinajstić information content (AvgIpc) is 3.23. The van der Waals surface area contributed by atoms with E-state index in [-0.39, 0.29) is 11.4 Å². The zero-order valence-electron chi connectivity index (χ0n) is 18.7. The summed E-state index contributed by atoms with van der Waals surface area (Å²) in [4.78, 5) is 13.3. The van der Waals surface area contributed by atoms with Crippen LogP contribution in [0.4, 0.5) is 5.69 Å². The van der Waals surface area contributed by atoms with E-state index in [1.54, 1.807) is 0 Å². The lowest BCUT2D eigenvalue weighted by Gasteiger charge is -2.14. The minimum absolute atomic E-state index is 0.0378. The first-order valence-corrected chi connectivity index (χ1v) is 11.6. The third kappa shape index (κ3) is 4.28. The Morgan fingerprint density at radius 1 is 1.10 bits per heavy atom. The number of nitrogens with zero attached hydrogens (tertiary/aromatic N) is 1. The molecule has 4 nitrogen and oxygen atoms in total. The van der Waals surface area contributed by atoms with Gasteiger partial charge < -0.3 is 15.2 Å². The molecule has 3 aromatic rings. The summed E-state index contributed by atoms with van der Waals surface area (Å²) in [5, 5.41) is 6.42. The molecule has 0 bridgehead atoms. The van der Waals surface area contributed by atoms with E-state index < -0.39 is 0 Å². The first-order valence-electron chi connectivity index (χ1n) is 10.7. The SMILES string of the molecule is CCc1ccc(N[C@@H]2NC(=O)/C(=C/c3cc(C)n(-c4cccc(C)c4C)c3C)S2)cc1. The first-order chi connectivity index (χ1) is 14.9. The fourth-order valence-electron chi connectivity index (χ4n) is 3.98. The molecule has 1 atom stereocenters. The molecule has 0 saturated carbocycles. The van der Waals surface area contributed by atoms with Gasteiger partial charge in [0.05, 0.1) is 4.91 Å². The number of rotatable bonds is 5. The molecule has 4 rings (SSSR count). The molecule has 1 saturated heterocycles.